The second-order valence-electron chi connectivity index (χ2n) is 11.3. The predicted octanol–water partition coefficient (Wildman–Crippen LogP) is 6.98. The maximum atomic E-state index is 14.2. The number of carbonyl (C=O) groups is 2. The highest BCUT2D eigenvalue weighted by Gasteiger charge is 2.28. The second kappa shape index (κ2) is 11.4. The first-order valence-corrected chi connectivity index (χ1v) is 16.2. The number of amides is 2. The Kier molecular flexibility index (Phi) is 7.21. The predicted molar refractivity (Wildman–Crippen MR) is 177 cm³/mol. The molecule has 2 aromatic heterocycles. The smallest absolute Gasteiger partial charge is 0.316 e. The van der Waals surface area contributed by atoms with Crippen molar-refractivity contribution in [3.05, 3.63) is 131 Å². The lowest BCUT2D eigenvalue weighted by atomic mass is 10.0. The molecule has 2 amide bonds. The Bertz CT molecular complexity index is 2230. The van der Waals surface area contributed by atoms with Gasteiger partial charge < -0.3 is 10.2 Å². The zero-order valence-electron chi connectivity index (χ0n) is 25.1. The standard InChI is InChI=1S/C36H29N5O4S/c1-23-10-16-29(17-11-23)46(44,45)41-33(26-14-12-25(21-42)13-15-26)18-31-34(37-22-38-35(31)41)30-8-5-9-32(24(30)2)39-36(43)40-19-27-6-3-4-7-28(27)20-40/h3-18,21-22H,19-20H2,1-2H3,(H,39,43). The molecule has 1 aliphatic rings. The van der Waals surface area contributed by atoms with Gasteiger partial charge in [0.1, 0.15) is 12.6 Å². The molecule has 1 aliphatic heterocycles. The molecule has 4 aromatic carbocycles. The fourth-order valence-electron chi connectivity index (χ4n) is 5.90. The van der Waals surface area contributed by atoms with Crippen LogP contribution < -0.4 is 5.32 Å². The van der Waals surface area contributed by atoms with Gasteiger partial charge in [-0.25, -0.2) is 27.2 Å². The van der Waals surface area contributed by atoms with Crippen molar-refractivity contribution in [1.29, 1.82) is 0 Å². The monoisotopic (exact) mass is 627 g/mol. The van der Waals surface area contributed by atoms with Crippen LogP contribution in [0.3, 0.4) is 0 Å². The molecular weight excluding hydrogens is 598 g/mol. The van der Waals surface area contributed by atoms with Gasteiger partial charge in [-0.15, -0.1) is 0 Å². The molecular formula is C36H29N5O4S. The van der Waals surface area contributed by atoms with E-state index >= 15 is 0 Å². The largest absolute Gasteiger partial charge is 0.322 e. The molecule has 228 valence electrons. The summed E-state index contributed by atoms with van der Waals surface area (Å²) in [5.41, 5.74) is 7.51. The lowest BCUT2D eigenvalue weighted by Crippen LogP contribution is -2.30. The second-order valence-corrected chi connectivity index (χ2v) is 13.1. The van der Waals surface area contributed by atoms with Crippen molar-refractivity contribution in [3.63, 3.8) is 0 Å². The van der Waals surface area contributed by atoms with Gasteiger partial charge in [-0.2, -0.15) is 0 Å². The van der Waals surface area contributed by atoms with Gasteiger partial charge in [0.2, 0.25) is 0 Å². The number of anilines is 1. The number of benzene rings is 4. The highest BCUT2D eigenvalue weighted by Crippen LogP contribution is 2.38. The minimum atomic E-state index is -4.10. The number of rotatable bonds is 6. The van der Waals surface area contributed by atoms with Crippen LogP contribution >= 0.6 is 0 Å². The van der Waals surface area contributed by atoms with Crippen LogP contribution in [0.2, 0.25) is 0 Å². The summed E-state index contributed by atoms with van der Waals surface area (Å²) in [6.07, 6.45) is 2.09. The van der Waals surface area contributed by atoms with Gasteiger partial charge in [0, 0.05) is 35.3 Å². The third-order valence-corrected chi connectivity index (χ3v) is 10.1. The van der Waals surface area contributed by atoms with E-state index in [1.54, 1.807) is 59.5 Å². The first-order valence-electron chi connectivity index (χ1n) is 14.7. The number of fused-ring (bicyclic) bond motifs is 2. The van der Waals surface area contributed by atoms with E-state index in [0.29, 0.717) is 46.7 Å². The Morgan fingerprint density at radius 1 is 0.848 bits per heavy atom. The fourth-order valence-corrected chi connectivity index (χ4v) is 7.38. The average Bonchev–Trinajstić information content (AvgIpc) is 3.69. The van der Waals surface area contributed by atoms with Crippen LogP contribution in [0.4, 0.5) is 10.5 Å². The van der Waals surface area contributed by atoms with E-state index in [4.69, 9.17) is 0 Å². The Hall–Kier alpha value is -5.61. The van der Waals surface area contributed by atoms with E-state index in [2.05, 4.69) is 15.3 Å². The molecule has 0 saturated heterocycles. The van der Waals surface area contributed by atoms with Crippen LogP contribution in [0, 0.1) is 13.8 Å². The number of hydrogen-bond donors (Lipinski definition) is 1. The van der Waals surface area contributed by atoms with Crippen molar-refractivity contribution in [2.24, 2.45) is 0 Å². The molecule has 0 spiro atoms. The van der Waals surface area contributed by atoms with Crippen LogP contribution in [0.25, 0.3) is 33.5 Å². The molecule has 0 radical (unpaired) electrons. The number of carbonyl (C=O) groups excluding carboxylic acids is 2. The van der Waals surface area contributed by atoms with E-state index in [1.807, 2.05) is 56.3 Å². The number of hydrogen-bond acceptors (Lipinski definition) is 6. The topological polar surface area (TPSA) is 114 Å². The summed E-state index contributed by atoms with van der Waals surface area (Å²) in [6.45, 7) is 4.86. The zero-order chi connectivity index (χ0) is 32.0. The van der Waals surface area contributed by atoms with Crippen LogP contribution in [0.1, 0.15) is 32.6 Å². The first kappa shape index (κ1) is 29.1. The molecule has 0 atom stereocenters. The Morgan fingerprint density at radius 2 is 1.54 bits per heavy atom. The lowest BCUT2D eigenvalue weighted by molar-refractivity contribution is 0.112. The van der Waals surface area contributed by atoms with Crippen LogP contribution in [-0.4, -0.2) is 39.6 Å². The van der Waals surface area contributed by atoms with E-state index in [-0.39, 0.29) is 16.6 Å². The van der Waals surface area contributed by atoms with Crippen LogP contribution in [0.15, 0.2) is 108 Å². The summed E-state index contributed by atoms with van der Waals surface area (Å²) in [7, 11) is -4.10. The summed E-state index contributed by atoms with van der Waals surface area (Å²) in [6, 6.07) is 28.5. The lowest BCUT2D eigenvalue weighted by Gasteiger charge is -2.18. The van der Waals surface area contributed by atoms with Crippen molar-refractivity contribution in [1.82, 2.24) is 18.8 Å². The molecule has 0 bridgehead atoms. The highest BCUT2D eigenvalue weighted by atomic mass is 32.2. The number of urea groups is 1. The molecule has 0 aliphatic carbocycles. The van der Waals surface area contributed by atoms with E-state index in [0.717, 1.165) is 34.1 Å². The molecule has 0 unspecified atom stereocenters. The normalized spacial score (nSPS) is 12.7. The van der Waals surface area contributed by atoms with Crippen molar-refractivity contribution < 1.29 is 18.0 Å². The summed E-state index contributed by atoms with van der Waals surface area (Å²) in [5, 5.41) is 3.59. The number of aldehydes is 1. The Balaban J connectivity index is 1.34. The molecule has 7 rings (SSSR count). The summed E-state index contributed by atoms with van der Waals surface area (Å²) in [4.78, 5) is 35.6. The fraction of sp³-hybridized carbons (Fsp3) is 0.111. The van der Waals surface area contributed by atoms with Gasteiger partial charge in [-0.3, -0.25) is 4.79 Å². The summed E-state index contributed by atoms with van der Waals surface area (Å²) >= 11 is 0. The number of aromatic nitrogens is 3. The van der Waals surface area contributed by atoms with Gasteiger partial charge in [0.15, 0.2) is 5.65 Å². The summed E-state index contributed by atoms with van der Waals surface area (Å²) in [5.74, 6) is 0. The Labute approximate surface area is 266 Å². The van der Waals surface area contributed by atoms with Crippen molar-refractivity contribution in [2.75, 3.05) is 5.32 Å². The molecule has 9 nitrogen and oxygen atoms in total. The van der Waals surface area contributed by atoms with Crippen LogP contribution in [-0.2, 0) is 23.1 Å². The highest BCUT2D eigenvalue weighted by molar-refractivity contribution is 7.90. The Morgan fingerprint density at radius 3 is 2.22 bits per heavy atom. The molecule has 0 saturated carbocycles. The van der Waals surface area contributed by atoms with Crippen LogP contribution in [0.5, 0.6) is 0 Å². The number of nitrogens with zero attached hydrogens (tertiary/aromatic N) is 4. The molecule has 10 heteroatoms. The molecule has 6 aromatic rings. The average molecular weight is 628 g/mol. The number of nitrogens with one attached hydrogen (secondary N) is 1. The third-order valence-electron chi connectivity index (χ3n) is 8.42. The molecule has 46 heavy (non-hydrogen) atoms. The van der Waals surface area contributed by atoms with Crippen molar-refractivity contribution >= 4 is 39.1 Å². The third kappa shape index (κ3) is 5.02. The minimum Gasteiger partial charge on any atom is -0.316 e. The van der Waals surface area contributed by atoms with Gasteiger partial charge in [-0.05, 0) is 60.4 Å². The maximum absolute atomic E-state index is 14.2. The van der Waals surface area contributed by atoms with E-state index in [1.165, 1.54) is 10.3 Å². The maximum Gasteiger partial charge on any atom is 0.322 e. The quantitative estimate of drug-likeness (QED) is 0.199. The van der Waals surface area contributed by atoms with Gasteiger partial charge in [0.05, 0.1) is 16.3 Å². The van der Waals surface area contributed by atoms with Gasteiger partial charge in [-0.1, -0.05) is 78.4 Å². The van der Waals surface area contributed by atoms with Crippen molar-refractivity contribution in [3.8, 4) is 22.5 Å². The van der Waals surface area contributed by atoms with Gasteiger partial charge >= 0.3 is 6.03 Å². The van der Waals surface area contributed by atoms with Crippen molar-refractivity contribution in [2.45, 2.75) is 31.8 Å². The molecule has 1 N–H and O–H groups in total. The minimum absolute atomic E-state index is 0.117. The zero-order valence-corrected chi connectivity index (χ0v) is 26.0. The van der Waals surface area contributed by atoms with Gasteiger partial charge in [0.25, 0.3) is 10.0 Å². The molecule has 0 fully saturated rings. The first-order chi connectivity index (χ1) is 22.2. The van der Waals surface area contributed by atoms with E-state index in [9.17, 15) is 18.0 Å². The number of aryl methyl sites for hydroxylation is 1. The summed E-state index contributed by atoms with van der Waals surface area (Å²) < 4.78 is 29.7. The SMILES string of the molecule is Cc1ccc(S(=O)(=O)n2c(-c3ccc(C=O)cc3)cc3c(-c4cccc(NC(=O)N5Cc6ccccc6C5)c4C)ncnc32)cc1. The van der Waals surface area contributed by atoms with E-state index < -0.39 is 10.0 Å². The molecule has 3 heterocycles.